The SMILES string of the molecule is COC(=O)N1CCO[C@@H](Cc2c(-c3c(F)cc(NCC#CC(=O)O)cc3F)nc3cc(C)ccn23)C1. The number of carbonyl (C=O) groups excluding carboxylic acids is 1. The lowest BCUT2D eigenvalue weighted by Crippen LogP contribution is -2.46. The van der Waals surface area contributed by atoms with Gasteiger partial charge in [0.25, 0.3) is 0 Å². The van der Waals surface area contributed by atoms with Crippen molar-refractivity contribution in [3.05, 3.63) is 53.4 Å². The molecule has 1 fully saturated rings. The van der Waals surface area contributed by atoms with Gasteiger partial charge in [-0.15, -0.1) is 0 Å². The van der Waals surface area contributed by atoms with Crippen LogP contribution in [0, 0.1) is 30.4 Å². The zero-order chi connectivity index (χ0) is 25.8. The number of amides is 1. The van der Waals surface area contributed by atoms with Crippen LogP contribution in [0.15, 0.2) is 30.5 Å². The van der Waals surface area contributed by atoms with Gasteiger partial charge in [-0.25, -0.2) is 23.4 Å². The van der Waals surface area contributed by atoms with Gasteiger partial charge < -0.3 is 29.2 Å². The lowest BCUT2D eigenvalue weighted by atomic mass is 10.0. The molecule has 0 bridgehead atoms. The Kier molecular flexibility index (Phi) is 7.36. The third kappa shape index (κ3) is 5.39. The monoisotopic (exact) mass is 498 g/mol. The van der Waals surface area contributed by atoms with Crippen molar-refractivity contribution in [2.75, 3.05) is 38.7 Å². The number of carbonyl (C=O) groups is 2. The molecule has 1 atom stereocenters. The summed E-state index contributed by atoms with van der Waals surface area (Å²) in [6, 6.07) is 5.89. The van der Waals surface area contributed by atoms with Crippen molar-refractivity contribution in [3.8, 4) is 23.1 Å². The van der Waals surface area contributed by atoms with Gasteiger partial charge in [0.05, 0.1) is 49.9 Å². The Bertz CT molecular complexity index is 1360. The van der Waals surface area contributed by atoms with Crippen LogP contribution < -0.4 is 5.32 Å². The first-order valence-electron chi connectivity index (χ1n) is 11.1. The predicted octanol–water partition coefficient (Wildman–Crippen LogP) is 3.10. The van der Waals surface area contributed by atoms with E-state index >= 15 is 8.78 Å². The summed E-state index contributed by atoms with van der Waals surface area (Å²) in [5, 5.41) is 11.3. The number of carboxylic acids is 1. The summed E-state index contributed by atoms with van der Waals surface area (Å²) in [5.41, 5.74) is 1.93. The first kappa shape index (κ1) is 24.9. The number of benzene rings is 1. The van der Waals surface area contributed by atoms with Crippen LogP contribution in [-0.2, 0) is 20.7 Å². The second kappa shape index (κ2) is 10.6. The third-order valence-corrected chi connectivity index (χ3v) is 5.73. The number of aryl methyl sites for hydroxylation is 1. The van der Waals surface area contributed by atoms with Crippen LogP contribution >= 0.6 is 0 Å². The maximum absolute atomic E-state index is 15.3. The molecule has 4 rings (SSSR count). The number of rotatable bonds is 5. The Hall–Kier alpha value is -4.17. The van der Waals surface area contributed by atoms with Crippen molar-refractivity contribution >= 4 is 23.4 Å². The van der Waals surface area contributed by atoms with Gasteiger partial charge in [-0.3, -0.25) is 0 Å². The molecule has 0 saturated carbocycles. The van der Waals surface area contributed by atoms with Gasteiger partial charge in [0.2, 0.25) is 0 Å². The molecular weight excluding hydrogens is 474 g/mol. The topological polar surface area (TPSA) is 105 Å². The van der Waals surface area contributed by atoms with E-state index in [2.05, 4.69) is 16.2 Å². The van der Waals surface area contributed by atoms with Gasteiger partial charge in [-0.2, -0.15) is 0 Å². The van der Waals surface area contributed by atoms with Crippen LogP contribution in [0.3, 0.4) is 0 Å². The number of nitrogens with one attached hydrogen (secondary N) is 1. The van der Waals surface area contributed by atoms with E-state index in [0.717, 1.165) is 17.7 Å². The average Bonchev–Trinajstić information content (AvgIpc) is 3.17. The Morgan fingerprint density at radius 2 is 2.06 bits per heavy atom. The molecule has 3 heterocycles. The van der Waals surface area contributed by atoms with Crippen LogP contribution in [-0.4, -0.2) is 70.9 Å². The molecule has 0 unspecified atom stereocenters. The van der Waals surface area contributed by atoms with Gasteiger partial charge >= 0.3 is 12.1 Å². The predicted molar refractivity (Wildman–Crippen MR) is 127 cm³/mol. The molecule has 188 valence electrons. The van der Waals surface area contributed by atoms with Crippen molar-refractivity contribution in [3.63, 3.8) is 0 Å². The fourth-order valence-electron chi connectivity index (χ4n) is 4.11. The summed E-state index contributed by atoms with van der Waals surface area (Å²) in [6.45, 7) is 2.74. The Labute approximate surface area is 205 Å². The highest BCUT2D eigenvalue weighted by molar-refractivity contribution is 5.86. The Balaban J connectivity index is 1.70. The third-order valence-electron chi connectivity index (χ3n) is 5.73. The Morgan fingerprint density at radius 1 is 1.31 bits per heavy atom. The number of aliphatic carboxylic acids is 1. The number of morpholine rings is 1. The standard InChI is InChI=1S/C25H24F2N4O5/c1-15-5-7-31-20(13-17-14-30(8-9-36-17)25(34)35-2)24(29-21(31)10-15)23-18(26)11-16(12-19(23)27)28-6-3-4-22(32)33/h5,7,10-12,17,28H,6,8-9,13-14H2,1-2H3,(H,32,33)/t17-/m0/s1. The molecule has 0 radical (unpaired) electrons. The average molecular weight is 498 g/mol. The number of ether oxygens (including phenoxy) is 2. The van der Waals surface area contributed by atoms with Crippen LogP contribution in [0.1, 0.15) is 11.3 Å². The van der Waals surface area contributed by atoms with Crippen molar-refractivity contribution in [1.29, 1.82) is 0 Å². The molecule has 0 spiro atoms. The quantitative estimate of drug-likeness (QED) is 0.521. The van der Waals surface area contributed by atoms with E-state index in [1.54, 1.807) is 10.6 Å². The number of pyridine rings is 1. The lowest BCUT2D eigenvalue weighted by molar-refractivity contribution is -0.130. The van der Waals surface area contributed by atoms with E-state index in [1.165, 1.54) is 12.0 Å². The number of imidazole rings is 1. The highest BCUT2D eigenvalue weighted by Gasteiger charge is 2.29. The fourth-order valence-corrected chi connectivity index (χ4v) is 4.11. The largest absolute Gasteiger partial charge is 0.472 e. The lowest BCUT2D eigenvalue weighted by Gasteiger charge is -2.32. The molecule has 3 aromatic rings. The van der Waals surface area contributed by atoms with E-state index < -0.39 is 29.8 Å². The number of nitrogens with zero attached hydrogens (tertiary/aromatic N) is 3. The summed E-state index contributed by atoms with van der Waals surface area (Å²) in [7, 11) is 1.31. The van der Waals surface area contributed by atoms with Crippen LogP contribution in [0.2, 0.25) is 0 Å². The van der Waals surface area contributed by atoms with Gasteiger partial charge in [-0.05, 0) is 36.8 Å². The minimum Gasteiger partial charge on any atom is -0.472 e. The molecule has 9 nitrogen and oxygen atoms in total. The van der Waals surface area contributed by atoms with Gasteiger partial charge in [0, 0.05) is 30.8 Å². The molecule has 2 N–H and O–H groups in total. The summed E-state index contributed by atoms with van der Waals surface area (Å²) in [5.74, 6) is 1.28. The van der Waals surface area contributed by atoms with E-state index in [-0.39, 0.29) is 36.5 Å². The normalized spacial score (nSPS) is 15.3. The van der Waals surface area contributed by atoms with Crippen molar-refractivity contribution in [2.24, 2.45) is 0 Å². The number of hydrogen-bond donors (Lipinski definition) is 2. The molecule has 1 aliphatic rings. The highest BCUT2D eigenvalue weighted by Crippen LogP contribution is 2.33. The summed E-state index contributed by atoms with van der Waals surface area (Å²) >= 11 is 0. The maximum Gasteiger partial charge on any atom is 0.409 e. The molecule has 1 aromatic carbocycles. The van der Waals surface area contributed by atoms with Gasteiger partial charge in [0.15, 0.2) is 0 Å². The van der Waals surface area contributed by atoms with E-state index in [4.69, 9.17) is 14.6 Å². The minimum atomic E-state index is -1.30. The number of halogens is 2. The van der Waals surface area contributed by atoms with Gasteiger partial charge in [0.1, 0.15) is 17.3 Å². The fraction of sp³-hybridized carbons (Fsp3) is 0.320. The summed E-state index contributed by atoms with van der Waals surface area (Å²) < 4.78 is 42.9. The van der Waals surface area contributed by atoms with Crippen molar-refractivity contribution in [1.82, 2.24) is 14.3 Å². The van der Waals surface area contributed by atoms with E-state index in [0.29, 0.717) is 24.5 Å². The zero-order valence-corrected chi connectivity index (χ0v) is 19.7. The summed E-state index contributed by atoms with van der Waals surface area (Å²) in [6.07, 6.45) is 1.13. The number of carboxylic acid groups (broad SMARTS) is 1. The van der Waals surface area contributed by atoms with E-state index in [1.807, 2.05) is 25.0 Å². The van der Waals surface area contributed by atoms with E-state index in [9.17, 15) is 9.59 Å². The number of anilines is 1. The number of hydrogen-bond acceptors (Lipinski definition) is 6. The maximum atomic E-state index is 15.3. The number of methoxy groups -OCH3 is 1. The molecule has 1 aliphatic heterocycles. The molecule has 2 aromatic heterocycles. The smallest absolute Gasteiger partial charge is 0.409 e. The van der Waals surface area contributed by atoms with Crippen LogP contribution in [0.25, 0.3) is 16.9 Å². The van der Waals surface area contributed by atoms with Crippen molar-refractivity contribution < 1.29 is 33.0 Å². The zero-order valence-electron chi connectivity index (χ0n) is 19.7. The number of fused-ring (bicyclic) bond motifs is 1. The molecular formula is C25H24F2N4O5. The first-order valence-corrected chi connectivity index (χ1v) is 11.1. The number of aromatic nitrogens is 2. The first-order chi connectivity index (χ1) is 17.3. The Morgan fingerprint density at radius 3 is 2.75 bits per heavy atom. The van der Waals surface area contributed by atoms with Crippen molar-refractivity contribution in [2.45, 2.75) is 19.4 Å². The minimum absolute atomic E-state index is 0.0981. The molecule has 1 amide bonds. The van der Waals surface area contributed by atoms with Crippen LogP contribution in [0.4, 0.5) is 19.3 Å². The summed E-state index contributed by atoms with van der Waals surface area (Å²) in [4.78, 5) is 28.5. The highest BCUT2D eigenvalue weighted by atomic mass is 19.1. The molecule has 11 heteroatoms. The second-order valence-electron chi connectivity index (χ2n) is 8.23. The molecule has 1 saturated heterocycles. The van der Waals surface area contributed by atoms with Gasteiger partial charge in [-0.1, -0.05) is 5.92 Å². The molecule has 0 aliphatic carbocycles. The second-order valence-corrected chi connectivity index (χ2v) is 8.23. The van der Waals surface area contributed by atoms with Crippen LogP contribution in [0.5, 0.6) is 0 Å². The molecule has 36 heavy (non-hydrogen) atoms.